The van der Waals surface area contributed by atoms with Crippen LogP contribution in [0, 0.1) is 12.8 Å². The first-order valence-corrected chi connectivity index (χ1v) is 7.14. The second kappa shape index (κ2) is 7.61. The molecule has 1 amide bonds. The maximum absolute atomic E-state index is 12.4. The molecule has 0 bridgehead atoms. The summed E-state index contributed by atoms with van der Waals surface area (Å²) in [5, 5.41) is 3.18. The summed E-state index contributed by atoms with van der Waals surface area (Å²) in [4.78, 5) is 26.2. The van der Waals surface area contributed by atoms with Crippen LogP contribution in [-0.4, -0.2) is 42.1 Å². The minimum Gasteiger partial charge on any atom is -0.354 e. The molecule has 1 saturated heterocycles. The fraction of sp³-hybridized carbons (Fsp3) is 0.600. The van der Waals surface area contributed by atoms with E-state index in [1.807, 2.05) is 25.6 Å². The van der Waals surface area contributed by atoms with Gasteiger partial charge in [-0.15, -0.1) is 12.4 Å². The Kier molecular flexibility index (Phi) is 6.42. The first-order valence-electron chi connectivity index (χ1n) is 7.14. The number of piperidine rings is 1. The Morgan fingerprint density at radius 1 is 1.38 bits per heavy atom. The lowest BCUT2D eigenvalue weighted by atomic mass is 9.96. The predicted molar refractivity (Wildman–Crippen MR) is 86.2 cm³/mol. The molecular formula is C15H24ClN3O2. The number of amides is 1. The van der Waals surface area contributed by atoms with Crippen molar-refractivity contribution in [1.29, 1.82) is 0 Å². The van der Waals surface area contributed by atoms with Crippen LogP contribution in [0.5, 0.6) is 0 Å². The SMILES string of the molecule is CNCC1CCN(C(=O)c2cn(C)c(C)cc2=O)CC1.Cl. The maximum Gasteiger partial charge on any atom is 0.259 e. The molecule has 1 fully saturated rings. The Hall–Kier alpha value is -1.33. The van der Waals surface area contributed by atoms with E-state index in [9.17, 15) is 9.59 Å². The average Bonchev–Trinajstić information content (AvgIpc) is 2.43. The number of pyridine rings is 1. The number of likely N-dealkylation sites (tertiary alicyclic amines) is 1. The molecule has 0 spiro atoms. The van der Waals surface area contributed by atoms with Crippen LogP contribution >= 0.6 is 12.4 Å². The van der Waals surface area contributed by atoms with Crippen LogP contribution in [0.1, 0.15) is 28.9 Å². The number of halogens is 1. The second-order valence-corrected chi connectivity index (χ2v) is 5.60. The average molecular weight is 314 g/mol. The van der Waals surface area contributed by atoms with Gasteiger partial charge in [-0.3, -0.25) is 9.59 Å². The third kappa shape index (κ3) is 4.08. The highest BCUT2D eigenvalue weighted by molar-refractivity contribution is 5.93. The van der Waals surface area contributed by atoms with Crippen molar-refractivity contribution in [3.8, 4) is 0 Å². The highest BCUT2D eigenvalue weighted by atomic mass is 35.5. The molecule has 0 saturated carbocycles. The van der Waals surface area contributed by atoms with Gasteiger partial charge in [-0.2, -0.15) is 0 Å². The Bertz CT molecular complexity index is 548. The number of aromatic nitrogens is 1. The Labute approximate surface area is 131 Å². The van der Waals surface area contributed by atoms with Crippen LogP contribution in [0.25, 0.3) is 0 Å². The monoisotopic (exact) mass is 313 g/mol. The van der Waals surface area contributed by atoms with E-state index in [-0.39, 0.29) is 29.3 Å². The summed E-state index contributed by atoms with van der Waals surface area (Å²) in [6.45, 7) is 4.33. The summed E-state index contributed by atoms with van der Waals surface area (Å²) in [5.74, 6) is 0.499. The first kappa shape index (κ1) is 17.7. The van der Waals surface area contributed by atoms with Gasteiger partial charge in [-0.25, -0.2) is 0 Å². The molecule has 118 valence electrons. The molecule has 2 rings (SSSR count). The molecule has 0 unspecified atom stereocenters. The summed E-state index contributed by atoms with van der Waals surface area (Å²) < 4.78 is 1.82. The number of carbonyl (C=O) groups is 1. The lowest BCUT2D eigenvalue weighted by Gasteiger charge is -2.32. The van der Waals surface area contributed by atoms with Crippen molar-refractivity contribution in [3.05, 3.63) is 33.7 Å². The zero-order valence-corrected chi connectivity index (χ0v) is 13.7. The molecule has 6 heteroatoms. The standard InChI is InChI=1S/C15H23N3O2.ClH/c1-11-8-14(19)13(10-17(11)3)15(20)18-6-4-12(5-7-18)9-16-2;/h8,10,12,16H,4-7,9H2,1-3H3;1H. The zero-order valence-electron chi connectivity index (χ0n) is 12.9. The molecule has 0 aromatic carbocycles. The first-order chi connectivity index (χ1) is 9.52. The largest absolute Gasteiger partial charge is 0.354 e. The number of aryl methyl sites for hydroxylation is 2. The Morgan fingerprint density at radius 3 is 2.57 bits per heavy atom. The van der Waals surface area contributed by atoms with Crippen LogP contribution in [-0.2, 0) is 7.05 Å². The second-order valence-electron chi connectivity index (χ2n) is 5.60. The molecule has 1 N–H and O–H groups in total. The number of nitrogens with one attached hydrogen (secondary N) is 1. The van der Waals surface area contributed by atoms with Gasteiger partial charge >= 0.3 is 0 Å². The zero-order chi connectivity index (χ0) is 14.7. The van der Waals surface area contributed by atoms with Crippen LogP contribution in [0.15, 0.2) is 17.1 Å². The quantitative estimate of drug-likeness (QED) is 0.912. The minimum absolute atomic E-state index is 0. The normalized spacial score (nSPS) is 15.7. The molecule has 1 aliphatic heterocycles. The van der Waals surface area contributed by atoms with Crippen molar-refractivity contribution in [1.82, 2.24) is 14.8 Å². The molecule has 21 heavy (non-hydrogen) atoms. The third-order valence-corrected chi connectivity index (χ3v) is 4.11. The lowest BCUT2D eigenvalue weighted by Crippen LogP contribution is -2.42. The van der Waals surface area contributed by atoms with Gasteiger partial charge in [0, 0.05) is 38.1 Å². The van der Waals surface area contributed by atoms with Gasteiger partial charge in [-0.1, -0.05) is 0 Å². The molecule has 0 aliphatic carbocycles. The highest BCUT2D eigenvalue weighted by Crippen LogP contribution is 2.17. The topological polar surface area (TPSA) is 54.3 Å². The van der Waals surface area contributed by atoms with Crippen molar-refractivity contribution in [2.45, 2.75) is 19.8 Å². The molecule has 1 aromatic heterocycles. The van der Waals surface area contributed by atoms with Gasteiger partial charge in [0.1, 0.15) is 5.56 Å². The van der Waals surface area contributed by atoms with E-state index in [0.29, 0.717) is 5.92 Å². The molecular weight excluding hydrogens is 290 g/mol. The number of rotatable bonds is 3. The van der Waals surface area contributed by atoms with E-state index in [1.165, 1.54) is 6.07 Å². The fourth-order valence-electron chi connectivity index (χ4n) is 2.69. The third-order valence-electron chi connectivity index (χ3n) is 4.11. The van der Waals surface area contributed by atoms with Gasteiger partial charge < -0.3 is 14.8 Å². The molecule has 0 radical (unpaired) electrons. The maximum atomic E-state index is 12.4. The van der Waals surface area contributed by atoms with Crippen LogP contribution in [0.4, 0.5) is 0 Å². The summed E-state index contributed by atoms with van der Waals surface area (Å²) in [6, 6.07) is 1.53. The lowest BCUT2D eigenvalue weighted by molar-refractivity contribution is 0.0688. The van der Waals surface area contributed by atoms with Crippen molar-refractivity contribution in [2.24, 2.45) is 13.0 Å². The number of nitrogens with zero attached hydrogens (tertiary/aromatic N) is 2. The number of hydrogen-bond donors (Lipinski definition) is 1. The molecule has 2 heterocycles. The number of carbonyl (C=O) groups excluding carboxylic acids is 1. The van der Waals surface area contributed by atoms with Crippen LogP contribution in [0.3, 0.4) is 0 Å². The van der Waals surface area contributed by atoms with E-state index in [0.717, 1.165) is 38.2 Å². The fourth-order valence-corrected chi connectivity index (χ4v) is 2.69. The molecule has 1 aromatic rings. The summed E-state index contributed by atoms with van der Waals surface area (Å²) in [7, 11) is 3.80. The van der Waals surface area contributed by atoms with Crippen molar-refractivity contribution < 1.29 is 4.79 Å². The minimum atomic E-state index is -0.178. The summed E-state index contributed by atoms with van der Waals surface area (Å²) >= 11 is 0. The van der Waals surface area contributed by atoms with E-state index in [1.54, 1.807) is 11.1 Å². The summed E-state index contributed by atoms with van der Waals surface area (Å²) in [6.07, 6.45) is 3.65. The van der Waals surface area contributed by atoms with Gasteiger partial charge in [-0.05, 0) is 39.3 Å². The molecule has 0 atom stereocenters. The van der Waals surface area contributed by atoms with Crippen molar-refractivity contribution in [3.63, 3.8) is 0 Å². The molecule has 5 nitrogen and oxygen atoms in total. The van der Waals surface area contributed by atoms with Gasteiger partial charge in [0.05, 0.1) is 0 Å². The van der Waals surface area contributed by atoms with E-state index < -0.39 is 0 Å². The smallest absolute Gasteiger partial charge is 0.259 e. The van der Waals surface area contributed by atoms with Crippen LogP contribution in [0.2, 0.25) is 0 Å². The molecule has 1 aliphatic rings. The van der Waals surface area contributed by atoms with E-state index in [4.69, 9.17) is 0 Å². The number of hydrogen-bond acceptors (Lipinski definition) is 3. The Balaban J connectivity index is 0.00000220. The van der Waals surface area contributed by atoms with Gasteiger partial charge in [0.25, 0.3) is 5.91 Å². The van der Waals surface area contributed by atoms with Crippen molar-refractivity contribution in [2.75, 3.05) is 26.7 Å². The Morgan fingerprint density at radius 2 is 2.00 bits per heavy atom. The summed E-state index contributed by atoms with van der Waals surface area (Å²) in [5.41, 5.74) is 0.965. The van der Waals surface area contributed by atoms with Crippen LogP contribution < -0.4 is 10.7 Å². The predicted octanol–water partition coefficient (Wildman–Crippen LogP) is 1.19. The van der Waals surface area contributed by atoms with Crippen molar-refractivity contribution >= 4 is 18.3 Å². The van der Waals surface area contributed by atoms with E-state index in [2.05, 4.69) is 5.32 Å². The van der Waals surface area contributed by atoms with Gasteiger partial charge in [0.15, 0.2) is 5.43 Å². The highest BCUT2D eigenvalue weighted by Gasteiger charge is 2.24. The van der Waals surface area contributed by atoms with Gasteiger partial charge in [0.2, 0.25) is 0 Å². The van der Waals surface area contributed by atoms with E-state index >= 15 is 0 Å².